The van der Waals surface area contributed by atoms with Crippen LogP contribution in [0.2, 0.25) is 0 Å². The molecule has 0 aliphatic rings. The number of amides is 2. The van der Waals surface area contributed by atoms with Crippen LogP contribution in [0.15, 0.2) is 47.8 Å². The monoisotopic (exact) mass is 386 g/mol. The fourth-order valence-corrected chi connectivity index (χ4v) is 3.64. The van der Waals surface area contributed by atoms with Crippen molar-refractivity contribution >= 4 is 39.6 Å². The fourth-order valence-electron chi connectivity index (χ4n) is 2.34. The molecule has 2 aromatic heterocycles. The van der Waals surface area contributed by atoms with E-state index in [1.165, 1.54) is 22.7 Å². The van der Waals surface area contributed by atoms with Gasteiger partial charge in [0.1, 0.15) is 11.0 Å². The van der Waals surface area contributed by atoms with Crippen LogP contribution in [-0.2, 0) is 17.6 Å². The van der Waals surface area contributed by atoms with Gasteiger partial charge in [-0.15, -0.1) is 21.5 Å². The second-order valence-corrected chi connectivity index (χ2v) is 7.55. The molecule has 1 atom stereocenters. The van der Waals surface area contributed by atoms with Gasteiger partial charge in [-0.25, -0.2) is 0 Å². The van der Waals surface area contributed by atoms with Crippen LogP contribution in [0.4, 0.5) is 5.13 Å². The number of aryl methyl sites for hydroxylation is 1. The van der Waals surface area contributed by atoms with Crippen LogP contribution in [0.1, 0.15) is 27.2 Å². The highest BCUT2D eigenvalue weighted by molar-refractivity contribution is 7.15. The van der Waals surface area contributed by atoms with Gasteiger partial charge in [-0.1, -0.05) is 54.7 Å². The van der Waals surface area contributed by atoms with Gasteiger partial charge in [0, 0.05) is 6.42 Å². The number of nitrogens with one attached hydrogen (secondary N) is 2. The average Bonchev–Trinajstić information content (AvgIpc) is 3.34. The lowest BCUT2D eigenvalue weighted by Gasteiger charge is -2.17. The molecule has 2 N–H and O–H groups in total. The van der Waals surface area contributed by atoms with E-state index in [0.29, 0.717) is 16.4 Å². The Bertz CT molecular complexity index is 862. The molecule has 1 aromatic carbocycles. The summed E-state index contributed by atoms with van der Waals surface area (Å²) >= 11 is 2.67. The molecule has 0 radical (unpaired) electrons. The lowest BCUT2D eigenvalue weighted by Crippen LogP contribution is -2.45. The molecule has 0 saturated heterocycles. The number of benzene rings is 1. The lowest BCUT2D eigenvalue weighted by atomic mass is 10.1. The summed E-state index contributed by atoms with van der Waals surface area (Å²) < 4.78 is 0. The summed E-state index contributed by atoms with van der Waals surface area (Å²) in [5.41, 5.74) is 0.964. The molecule has 3 rings (SSSR count). The maximum Gasteiger partial charge on any atom is 0.262 e. The molecule has 0 spiro atoms. The van der Waals surface area contributed by atoms with Gasteiger partial charge in [0.05, 0.1) is 4.88 Å². The molecular weight excluding hydrogens is 368 g/mol. The van der Waals surface area contributed by atoms with Crippen molar-refractivity contribution in [1.29, 1.82) is 0 Å². The van der Waals surface area contributed by atoms with Gasteiger partial charge in [-0.05, 0) is 23.4 Å². The minimum absolute atomic E-state index is 0.261. The zero-order valence-corrected chi connectivity index (χ0v) is 15.8. The van der Waals surface area contributed by atoms with Crippen molar-refractivity contribution < 1.29 is 9.59 Å². The molecule has 0 fully saturated rings. The van der Waals surface area contributed by atoms with Gasteiger partial charge in [0.25, 0.3) is 5.91 Å². The van der Waals surface area contributed by atoms with Crippen LogP contribution in [-0.4, -0.2) is 28.1 Å². The van der Waals surface area contributed by atoms with Crippen molar-refractivity contribution in [2.75, 3.05) is 5.32 Å². The Hall–Kier alpha value is -2.58. The number of carbonyl (C=O) groups is 2. The quantitative estimate of drug-likeness (QED) is 0.653. The molecule has 134 valence electrons. The number of nitrogens with zero attached hydrogens (tertiary/aromatic N) is 2. The van der Waals surface area contributed by atoms with Gasteiger partial charge in [0.15, 0.2) is 0 Å². The van der Waals surface area contributed by atoms with E-state index in [-0.39, 0.29) is 11.8 Å². The highest BCUT2D eigenvalue weighted by Crippen LogP contribution is 2.16. The van der Waals surface area contributed by atoms with Gasteiger partial charge in [-0.3, -0.25) is 14.9 Å². The molecule has 0 aliphatic heterocycles. The van der Waals surface area contributed by atoms with Gasteiger partial charge >= 0.3 is 0 Å². The molecule has 26 heavy (non-hydrogen) atoms. The Morgan fingerprint density at radius 1 is 1.12 bits per heavy atom. The van der Waals surface area contributed by atoms with Gasteiger partial charge in [-0.2, -0.15) is 0 Å². The Balaban J connectivity index is 1.74. The van der Waals surface area contributed by atoms with E-state index in [0.717, 1.165) is 17.0 Å². The smallest absolute Gasteiger partial charge is 0.262 e. The number of aromatic nitrogens is 2. The SMILES string of the molecule is CCc1nnc(NC(=O)[C@H](Cc2ccccc2)NC(=O)c2cccs2)s1. The molecule has 6 nitrogen and oxygen atoms in total. The number of thiophene rings is 1. The predicted molar refractivity (Wildman–Crippen MR) is 104 cm³/mol. The first-order chi connectivity index (χ1) is 12.7. The van der Waals surface area contributed by atoms with Crippen molar-refractivity contribution in [3.8, 4) is 0 Å². The maximum absolute atomic E-state index is 12.7. The molecule has 8 heteroatoms. The summed E-state index contributed by atoms with van der Waals surface area (Å²) in [5, 5.41) is 16.7. The third-order valence-corrected chi connectivity index (χ3v) is 5.50. The van der Waals surface area contributed by atoms with E-state index in [4.69, 9.17) is 0 Å². The fraction of sp³-hybridized carbons (Fsp3) is 0.222. The largest absolute Gasteiger partial charge is 0.339 e. The third kappa shape index (κ3) is 4.74. The minimum Gasteiger partial charge on any atom is -0.339 e. The van der Waals surface area contributed by atoms with Gasteiger partial charge < -0.3 is 5.32 Å². The first-order valence-electron chi connectivity index (χ1n) is 8.17. The topological polar surface area (TPSA) is 84.0 Å². The molecule has 0 bridgehead atoms. The number of anilines is 1. The maximum atomic E-state index is 12.7. The molecule has 0 aliphatic carbocycles. The third-order valence-electron chi connectivity index (χ3n) is 3.65. The van der Waals surface area contributed by atoms with Gasteiger partial charge in [0.2, 0.25) is 11.0 Å². The zero-order valence-electron chi connectivity index (χ0n) is 14.1. The van der Waals surface area contributed by atoms with Crippen molar-refractivity contribution in [1.82, 2.24) is 15.5 Å². The highest BCUT2D eigenvalue weighted by Gasteiger charge is 2.23. The van der Waals surface area contributed by atoms with Crippen LogP contribution in [0, 0.1) is 0 Å². The Morgan fingerprint density at radius 3 is 2.58 bits per heavy atom. The van der Waals surface area contributed by atoms with Crippen molar-refractivity contribution in [2.24, 2.45) is 0 Å². The normalized spacial score (nSPS) is 11.7. The number of rotatable bonds is 7. The van der Waals surface area contributed by atoms with E-state index in [9.17, 15) is 9.59 Å². The summed E-state index contributed by atoms with van der Waals surface area (Å²) in [5.74, 6) is -0.569. The van der Waals surface area contributed by atoms with Crippen LogP contribution in [0.3, 0.4) is 0 Å². The van der Waals surface area contributed by atoms with Crippen LogP contribution in [0.25, 0.3) is 0 Å². The predicted octanol–water partition coefficient (Wildman–Crippen LogP) is 3.14. The summed E-state index contributed by atoms with van der Waals surface area (Å²) in [6.45, 7) is 1.98. The van der Waals surface area contributed by atoms with Crippen molar-refractivity contribution in [3.05, 3.63) is 63.3 Å². The van der Waals surface area contributed by atoms with Crippen LogP contribution >= 0.6 is 22.7 Å². The Morgan fingerprint density at radius 2 is 1.92 bits per heavy atom. The standard InChI is InChI=1S/C18H18N4O2S2/c1-2-15-21-22-18(26-15)20-16(23)13(11-12-7-4-3-5-8-12)19-17(24)14-9-6-10-25-14/h3-10,13H,2,11H2,1H3,(H,19,24)(H,20,22,23)/t13-/m0/s1. The Kier molecular flexibility index (Phi) is 6.08. The molecule has 3 aromatic rings. The van der Waals surface area contributed by atoms with Crippen LogP contribution in [0.5, 0.6) is 0 Å². The Labute approximate surface area is 159 Å². The summed E-state index contributed by atoms with van der Waals surface area (Å²) in [6, 6.07) is 12.4. The second kappa shape index (κ2) is 8.68. The second-order valence-electron chi connectivity index (χ2n) is 5.54. The highest BCUT2D eigenvalue weighted by atomic mass is 32.1. The first kappa shape index (κ1) is 18.2. The number of hydrogen-bond donors (Lipinski definition) is 2. The summed E-state index contributed by atoms with van der Waals surface area (Å²) in [4.78, 5) is 25.7. The summed E-state index contributed by atoms with van der Waals surface area (Å²) in [6.07, 6.45) is 1.15. The first-order valence-corrected chi connectivity index (χ1v) is 9.87. The van der Waals surface area contributed by atoms with Crippen molar-refractivity contribution in [2.45, 2.75) is 25.8 Å². The summed E-state index contributed by atoms with van der Waals surface area (Å²) in [7, 11) is 0. The molecule has 2 amide bonds. The molecule has 0 unspecified atom stereocenters. The molecule has 2 heterocycles. The van der Waals surface area contributed by atoms with E-state index in [1.54, 1.807) is 12.1 Å². The zero-order chi connectivity index (χ0) is 18.4. The minimum atomic E-state index is -0.707. The van der Waals surface area contributed by atoms with E-state index >= 15 is 0 Å². The number of hydrogen-bond acceptors (Lipinski definition) is 6. The molecule has 0 saturated carbocycles. The molecular formula is C18H18N4O2S2. The van der Waals surface area contributed by atoms with E-state index in [1.807, 2.05) is 42.6 Å². The average molecular weight is 387 g/mol. The lowest BCUT2D eigenvalue weighted by molar-refractivity contribution is -0.118. The van der Waals surface area contributed by atoms with E-state index < -0.39 is 6.04 Å². The van der Waals surface area contributed by atoms with E-state index in [2.05, 4.69) is 20.8 Å². The number of carbonyl (C=O) groups excluding carboxylic acids is 2. The van der Waals surface area contributed by atoms with Crippen LogP contribution < -0.4 is 10.6 Å². The van der Waals surface area contributed by atoms with Crippen molar-refractivity contribution in [3.63, 3.8) is 0 Å².